The number of fused-ring (bicyclic) bond motifs is 2. The standard InChI is InChI=1S/C53H67N3O13/c1-26-17-16-18-27(2)51(63)55-43-46(61)40-39(42-49(43)68-38-25-35(19-20-36(38)54-42)65-24-22-56(14,33(8)57)52(10,11)12)41-48(32(7)45(40)60)69-53(13,50(41)62)66-23-21-37(64-15)31(6)47(67-34(9)58)30(5)28(3)29(4)44(26)59/h16-21,23,25-26,28-31,37,44,47,59H,22,24H2,1-15H3,(H-,54,55,60,61,62,63)/p+1/b17-16+,23-21+,27-18-/t26-,28+,29-,30+,31+,37-,44-,47-,53-,56?/m0/s1. The number of ketones is 1. The van der Waals surface area contributed by atoms with Crippen molar-refractivity contribution in [1.29, 1.82) is 0 Å². The zero-order valence-electron chi connectivity index (χ0n) is 42.4. The van der Waals surface area contributed by atoms with Gasteiger partial charge in [-0.05, 0) is 70.6 Å². The molecule has 4 aromatic rings. The second kappa shape index (κ2) is 19.7. The van der Waals surface area contributed by atoms with Crippen LogP contribution in [-0.2, 0) is 28.6 Å². The number of carbonyl (C=O) groups excluding carboxylic acids is 4. The molecule has 2 amide bonds. The van der Waals surface area contributed by atoms with E-state index in [1.165, 1.54) is 34.1 Å². The number of likely N-dealkylation sites (N-methyl/N-ethyl adjacent to an activating group) is 1. The Kier molecular flexibility index (Phi) is 14.9. The van der Waals surface area contributed by atoms with Gasteiger partial charge in [-0.15, -0.1) is 0 Å². The van der Waals surface area contributed by atoms with E-state index in [0.717, 1.165) is 0 Å². The summed E-state index contributed by atoms with van der Waals surface area (Å²) in [5, 5.41) is 26.1. The number of phenols is 1. The molecule has 2 aliphatic heterocycles. The number of nitrogens with one attached hydrogen (secondary N) is 1. The van der Waals surface area contributed by atoms with Crippen molar-refractivity contribution in [3.05, 3.63) is 75.7 Å². The van der Waals surface area contributed by atoms with Crippen LogP contribution in [0.5, 0.6) is 17.2 Å². The second-order valence-corrected chi connectivity index (χ2v) is 20.2. The summed E-state index contributed by atoms with van der Waals surface area (Å²) in [4.78, 5) is 73.5. The number of methoxy groups -OCH3 is 1. The number of phenolic OH excluding ortho intramolecular Hbond substituents is 1. The van der Waals surface area contributed by atoms with Crippen molar-refractivity contribution in [2.45, 2.75) is 120 Å². The minimum atomic E-state index is -2.03. The molecule has 69 heavy (non-hydrogen) atoms. The maximum atomic E-state index is 14.8. The molecule has 10 atom stereocenters. The van der Waals surface area contributed by atoms with Gasteiger partial charge < -0.3 is 43.6 Å². The van der Waals surface area contributed by atoms with Gasteiger partial charge in [0, 0.05) is 55.4 Å². The van der Waals surface area contributed by atoms with Gasteiger partial charge in [-0.1, -0.05) is 52.8 Å². The SMILES string of the molecule is CO[C@H]1/C=C/O[C@@]2(C)Oc3c(C)c(=O)c4c(O)c(c5oc6cc(OCC[N+](C)(C(C)=O)C(C)(C)C)ccc6nc5c4c3C2=O)NC(=O)/C(C)=C\C=C\[C@H](C)[C@H](O)[C@@H](C)[C@@H](C)[C@@H](C)[C@H](OC(C)=O)[C@@H]1C. The van der Waals surface area contributed by atoms with Crippen LogP contribution < -0.4 is 20.2 Å². The third kappa shape index (κ3) is 9.75. The fraction of sp³-hybridized carbons (Fsp3) is 0.509. The van der Waals surface area contributed by atoms with Crippen LogP contribution in [0.25, 0.3) is 33.0 Å². The quantitative estimate of drug-likeness (QED) is 0.0545. The van der Waals surface area contributed by atoms with E-state index < -0.39 is 64.4 Å². The summed E-state index contributed by atoms with van der Waals surface area (Å²) < 4.78 is 37.0. The van der Waals surface area contributed by atoms with Gasteiger partial charge in [0.1, 0.15) is 47.5 Å². The lowest BCUT2D eigenvalue weighted by molar-refractivity contribution is -0.881. The van der Waals surface area contributed by atoms with E-state index in [1.54, 1.807) is 56.4 Å². The maximum Gasteiger partial charge on any atom is 0.312 e. The number of hydrogen-bond donors (Lipinski definition) is 3. The molecule has 0 spiro atoms. The van der Waals surface area contributed by atoms with Crippen molar-refractivity contribution in [2.24, 2.45) is 29.6 Å². The molecule has 0 saturated carbocycles. The number of quaternary nitrogens is 1. The van der Waals surface area contributed by atoms with Gasteiger partial charge in [0.2, 0.25) is 0 Å². The first-order valence-corrected chi connectivity index (χ1v) is 23.4. The fourth-order valence-electron chi connectivity index (χ4n) is 9.40. The Morgan fingerprint density at radius 2 is 1.65 bits per heavy atom. The van der Waals surface area contributed by atoms with Crippen molar-refractivity contribution in [3.8, 4) is 17.2 Å². The van der Waals surface area contributed by atoms with E-state index >= 15 is 0 Å². The highest BCUT2D eigenvalue weighted by Crippen LogP contribution is 2.48. The third-order valence-electron chi connectivity index (χ3n) is 14.9. The number of rotatable bonds is 6. The summed E-state index contributed by atoms with van der Waals surface area (Å²) >= 11 is 0. The summed E-state index contributed by atoms with van der Waals surface area (Å²) in [7, 11) is 3.36. The number of hydrogen-bond acceptors (Lipinski definition) is 14. The highest BCUT2D eigenvalue weighted by Gasteiger charge is 2.50. The summed E-state index contributed by atoms with van der Waals surface area (Å²) in [5.74, 6) is -5.78. The summed E-state index contributed by atoms with van der Waals surface area (Å²) in [6.45, 7) is 23.4. The number of aliphatic hydroxyl groups is 1. The molecule has 2 aliphatic rings. The Morgan fingerprint density at radius 1 is 0.971 bits per heavy atom. The molecule has 16 nitrogen and oxygen atoms in total. The largest absolute Gasteiger partial charge is 0.505 e. The maximum absolute atomic E-state index is 14.8. The van der Waals surface area contributed by atoms with Crippen LogP contribution in [0.4, 0.5) is 5.69 Å². The minimum Gasteiger partial charge on any atom is -0.505 e. The Balaban J connectivity index is 1.55. The number of Topliss-reactive ketones (excluding diaryl/α,β-unsaturated/α-hetero) is 1. The van der Waals surface area contributed by atoms with Crippen LogP contribution >= 0.6 is 0 Å². The number of carbonyl (C=O) groups is 4. The molecule has 6 rings (SSSR count). The Bertz CT molecular complexity index is 2860. The molecule has 372 valence electrons. The lowest BCUT2D eigenvalue weighted by Crippen LogP contribution is -2.61. The van der Waals surface area contributed by atoms with Crippen molar-refractivity contribution in [3.63, 3.8) is 0 Å². The smallest absolute Gasteiger partial charge is 0.312 e. The molecule has 1 aromatic heterocycles. The highest BCUT2D eigenvalue weighted by molar-refractivity contribution is 6.26. The fourth-order valence-corrected chi connectivity index (χ4v) is 9.40. The zero-order valence-corrected chi connectivity index (χ0v) is 42.4. The van der Waals surface area contributed by atoms with Crippen LogP contribution in [0.15, 0.2) is 63.6 Å². The highest BCUT2D eigenvalue weighted by atomic mass is 16.7. The molecular formula is C53H68N3O13+. The second-order valence-electron chi connectivity index (χ2n) is 20.2. The number of amides is 2. The Morgan fingerprint density at radius 3 is 2.28 bits per heavy atom. The Labute approximate surface area is 402 Å². The number of aliphatic hydroxyl groups excluding tert-OH is 1. The van der Waals surface area contributed by atoms with Gasteiger partial charge in [-0.25, -0.2) is 9.78 Å². The van der Waals surface area contributed by atoms with E-state index in [-0.39, 0.29) is 102 Å². The topological polar surface area (TPSA) is 210 Å². The van der Waals surface area contributed by atoms with E-state index in [4.69, 9.17) is 33.1 Å². The molecule has 0 saturated heterocycles. The van der Waals surface area contributed by atoms with Gasteiger partial charge in [0.25, 0.3) is 11.7 Å². The van der Waals surface area contributed by atoms with E-state index in [2.05, 4.69) is 5.32 Å². The number of benzene rings is 3. The van der Waals surface area contributed by atoms with Gasteiger partial charge in [-0.3, -0.25) is 23.7 Å². The number of nitrogens with zero attached hydrogens (tertiary/aromatic N) is 2. The van der Waals surface area contributed by atoms with Crippen molar-refractivity contribution in [1.82, 2.24) is 4.98 Å². The van der Waals surface area contributed by atoms with Crippen LogP contribution in [0.2, 0.25) is 0 Å². The third-order valence-corrected chi connectivity index (χ3v) is 14.9. The summed E-state index contributed by atoms with van der Waals surface area (Å²) in [6, 6.07) is 4.89. The van der Waals surface area contributed by atoms with Crippen LogP contribution in [0.1, 0.15) is 99.0 Å². The van der Waals surface area contributed by atoms with Crippen molar-refractivity contribution in [2.75, 3.05) is 32.6 Å². The molecule has 16 heteroatoms. The first kappa shape index (κ1) is 52.3. The van der Waals surface area contributed by atoms with Crippen LogP contribution in [-0.4, -0.2) is 100 Å². The monoisotopic (exact) mass is 954 g/mol. The van der Waals surface area contributed by atoms with Crippen LogP contribution in [0.3, 0.4) is 0 Å². The number of ether oxygens (including phenoxy) is 5. The average Bonchev–Trinajstić information content (AvgIpc) is 3.55. The number of aromatic hydroxyl groups is 1. The van der Waals surface area contributed by atoms with E-state index in [9.17, 15) is 34.2 Å². The number of aromatic nitrogens is 1. The predicted molar refractivity (Wildman–Crippen MR) is 262 cm³/mol. The molecule has 3 aromatic carbocycles. The molecular weight excluding hydrogens is 887 g/mol. The molecule has 0 aliphatic carbocycles. The van der Waals surface area contributed by atoms with Gasteiger partial charge in [0.05, 0.1) is 48.9 Å². The number of anilines is 1. The van der Waals surface area contributed by atoms with Gasteiger partial charge >= 0.3 is 17.7 Å². The Hall–Kier alpha value is -6.10. The first-order chi connectivity index (χ1) is 32.2. The van der Waals surface area contributed by atoms with Gasteiger partial charge in [-0.2, -0.15) is 0 Å². The van der Waals surface area contributed by atoms with Crippen molar-refractivity contribution < 1.29 is 62.0 Å². The van der Waals surface area contributed by atoms with Gasteiger partial charge in [0.15, 0.2) is 22.3 Å². The lowest BCUT2D eigenvalue weighted by atomic mass is 9.73. The van der Waals surface area contributed by atoms with Crippen molar-refractivity contribution >= 4 is 62.2 Å². The minimum absolute atomic E-state index is 0.00690. The first-order valence-electron chi connectivity index (χ1n) is 23.4. The summed E-state index contributed by atoms with van der Waals surface area (Å²) in [5.41, 5.74) is -1.01. The molecule has 3 heterocycles. The van der Waals surface area contributed by atoms with E-state index in [0.29, 0.717) is 12.3 Å². The zero-order chi connectivity index (χ0) is 51.2. The number of allylic oxidation sites excluding steroid dienone is 2. The molecule has 3 N–H and O–H groups in total. The molecule has 4 bridgehead atoms. The molecule has 0 radical (unpaired) electrons. The average molecular weight is 955 g/mol. The van der Waals surface area contributed by atoms with Crippen LogP contribution in [0, 0.1) is 36.5 Å². The molecule has 0 fully saturated rings. The van der Waals surface area contributed by atoms with E-state index in [1.807, 2.05) is 62.4 Å². The predicted octanol–water partition coefficient (Wildman–Crippen LogP) is 8.44. The summed E-state index contributed by atoms with van der Waals surface area (Å²) in [6.07, 6.45) is 5.65. The lowest BCUT2D eigenvalue weighted by Gasteiger charge is -2.42. The molecule has 1 unspecified atom stereocenters. The normalized spacial score (nSPS) is 28.6. The number of esters is 1.